The van der Waals surface area contributed by atoms with Crippen LogP contribution in [0.15, 0.2) is 16.2 Å². The monoisotopic (exact) mass is 259 g/mol. The lowest BCUT2D eigenvalue weighted by atomic mass is 10.6. The van der Waals surface area contributed by atoms with Gasteiger partial charge in [-0.3, -0.25) is 4.79 Å². The second kappa shape index (κ2) is 6.59. The fourth-order valence-electron chi connectivity index (χ4n) is 0.889. The maximum atomic E-state index is 11.0. The summed E-state index contributed by atoms with van der Waals surface area (Å²) in [4.78, 5) is 19.5. The molecule has 0 aliphatic rings. The van der Waals surface area contributed by atoms with Gasteiger partial charge in [0.05, 0.1) is 12.9 Å². The molecule has 0 radical (unpaired) electrons. The first-order chi connectivity index (χ1) is 7.69. The van der Waals surface area contributed by atoms with Crippen molar-refractivity contribution in [2.75, 3.05) is 31.5 Å². The van der Waals surface area contributed by atoms with E-state index in [4.69, 9.17) is 0 Å². The van der Waals surface area contributed by atoms with Crippen LogP contribution in [-0.4, -0.2) is 42.1 Å². The van der Waals surface area contributed by atoms with Crippen molar-refractivity contribution in [3.8, 4) is 0 Å². The van der Waals surface area contributed by atoms with Gasteiger partial charge in [0, 0.05) is 13.1 Å². The molecule has 0 unspecified atom stereocenters. The van der Waals surface area contributed by atoms with E-state index in [0.29, 0.717) is 5.16 Å². The van der Waals surface area contributed by atoms with Crippen molar-refractivity contribution in [1.29, 1.82) is 0 Å². The lowest BCUT2D eigenvalue weighted by molar-refractivity contribution is -0.137. The van der Waals surface area contributed by atoms with E-state index in [-0.39, 0.29) is 11.7 Å². The average molecular weight is 259 g/mol. The Labute approximate surface area is 103 Å². The standard InChI is InChI=1S/C9H13N3O2S2/c1-10-6-4-7(12-9(11-6)15-3)16-5-8(13)14-2/h4H,5H2,1-3H3,(H,10,11,12). The normalized spacial score (nSPS) is 9.94. The van der Waals surface area contributed by atoms with Crippen molar-refractivity contribution in [2.45, 2.75) is 10.2 Å². The molecule has 0 bridgehead atoms. The highest BCUT2D eigenvalue weighted by Gasteiger charge is 2.06. The fourth-order valence-corrected chi connectivity index (χ4v) is 2.06. The number of anilines is 1. The van der Waals surface area contributed by atoms with E-state index in [9.17, 15) is 4.79 Å². The van der Waals surface area contributed by atoms with Crippen molar-refractivity contribution in [2.24, 2.45) is 0 Å². The minimum atomic E-state index is -0.264. The van der Waals surface area contributed by atoms with Crippen LogP contribution in [0.2, 0.25) is 0 Å². The molecule has 0 aliphatic carbocycles. The summed E-state index contributed by atoms with van der Waals surface area (Å²) in [5.74, 6) is 0.733. The van der Waals surface area contributed by atoms with Gasteiger partial charge >= 0.3 is 5.97 Å². The van der Waals surface area contributed by atoms with E-state index in [2.05, 4.69) is 20.0 Å². The first kappa shape index (κ1) is 13.1. The minimum Gasteiger partial charge on any atom is -0.468 e. The summed E-state index contributed by atoms with van der Waals surface area (Å²) < 4.78 is 4.56. The third kappa shape index (κ3) is 3.90. The Morgan fingerprint density at radius 2 is 2.31 bits per heavy atom. The van der Waals surface area contributed by atoms with Crippen molar-refractivity contribution in [1.82, 2.24) is 9.97 Å². The lowest BCUT2D eigenvalue weighted by Crippen LogP contribution is -2.04. The third-order valence-corrected chi connectivity index (χ3v) is 3.12. The largest absolute Gasteiger partial charge is 0.468 e. The molecule has 1 heterocycles. The van der Waals surface area contributed by atoms with Gasteiger partial charge < -0.3 is 10.1 Å². The zero-order valence-corrected chi connectivity index (χ0v) is 10.9. The van der Waals surface area contributed by atoms with Gasteiger partial charge in [-0.2, -0.15) is 0 Å². The number of thioether (sulfide) groups is 2. The number of carbonyl (C=O) groups is 1. The highest BCUT2D eigenvalue weighted by molar-refractivity contribution is 8.00. The van der Waals surface area contributed by atoms with E-state index in [1.54, 1.807) is 13.1 Å². The van der Waals surface area contributed by atoms with Gasteiger partial charge in [0.25, 0.3) is 0 Å². The molecule has 0 aromatic carbocycles. The second-order valence-electron chi connectivity index (χ2n) is 2.69. The van der Waals surface area contributed by atoms with E-state index in [0.717, 1.165) is 10.8 Å². The van der Waals surface area contributed by atoms with Gasteiger partial charge in [0.15, 0.2) is 5.16 Å². The van der Waals surface area contributed by atoms with Gasteiger partial charge in [0.1, 0.15) is 10.8 Å². The number of hydrogen-bond acceptors (Lipinski definition) is 7. The lowest BCUT2D eigenvalue weighted by Gasteiger charge is -2.05. The molecule has 5 nitrogen and oxygen atoms in total. The molecule has 0 amide bonds. The summed E-state index contributed by atoms with van der Waals surface area (Å²) in [6.07, 6.45) is 1.91. The van der Waals surface area contributed by atoms with Crippen LogP contribution in [0.4, 0.5) is 5.82 Å². The van der Waals surface area contributed by atoms with Crippen LogP contribution in [-0.2, 0) is 9.53 Å². The van der Waals surface area contributed by atoms with Gasteiger partial charge in [-0.15, -0.1) is 0 Å². The van der Waals surface area contributed by atoms with Crippen LogP contribution in [0.25, 0.3) is 0 Å². The number of nitrogens with zero attached hydrogens (tertiary/aromatic N) is 2. The van der Waals surface area contributed by atoms with Crippen molar-refractivity contribution in [3.05, 3.63) is 6.07 Å². The van der Waals surface area contributed by atoms with Crippen molar-refractivity contribution < 1.29 is 9.53 Å². The number of nitrogens with one attached hydrogen (secondary N) is 1. The van der Waals surface area contributed by atoms with Crippen molar-refractivity contribution >= 4 is 35.3 Å². The summed E-state index contributed by atoms with van der Waals surface area (Å²) in [5.41, 5.74) is 0. The molecule has 0 saturated heterocycles. The van der Waals surface area contributed by atoms with E-state index < -0.39 is 0 Å². The molecule has 0 aliphatic heterocycles. The third-order valence-electron chi connectivity index (χ3n) is 1.69. The number of carbonyl (C=O) groups excluding carboxylic acids is 1. The van der Waals surface area contributed by atoms with Crippen LogP contribution in [0.5, 0.6) is 0 Å². The second-order valence-corrected chi connectivity index (χ2v) is 4.46. The summed E-state index contributed by atoms with van der Waals surface area (Å²) in [6.45, 7) is 0. The highest BCUT2D eigenvalue weighted by atomic mass is 32.2. The molecule has 7 heteroatoms. The molecule has 0 saturated carbocycles. The number of rotatable bonds is 5. The molecular weight excluding hydrogens is 246 g/mol. The SMILES string of the molecule is CNc1cc(SCC(=O)OC)nc(SC)n1. The number of hydrogen-bond donors (Lipinski definition) is 1. The molecule has 1 aromatic heterocycles. The Morgan fingerprint density at radius 3 is 2.88 bits per heavy atom. The molecular formula is C9H13N3O2S2. The Morgan fingerprint density at radius 1 is 1.56 bits per heavy atom. The van der Waals surface area contributed by atoms with Gasteiger partial charge in [0.2, 0.25) is 0 Å². The van der Waals surface area contributed by atoms with Crippen LogP contribution < -0.4 is 5.32 Å². The van der Waals surface area contributed by atoms with E-state index in [1.165, 1.54) is 30.6 Å². The number of aromatic nitrogens is 2. The van der Waals surface area contributed by atoms with E-state index >= 15 is 0 Å². The fraction of sp³-hybridized carbons (Fsp3) is 0.444. The molecule has 1 rings (SSSR count). The Balaban J connectivity index is 2.74. The zero-order valence-electron chi connectivity index (χ0n) is 9.31. The van der Waals surface area contributed by atoms with Gasteiger partial charge in [-0.1, -0.05) is 23.5 Å². The smallest absolute Gasteiger partial charge is 0.316 e. The first-order valence-electron chi connectivity index (χ1n) is 4.50. The summed E-state index contributed by atoms with van der Waals surface area (Å²) >= 11 is 2.79. The quantitative estimate of drug-likeness (QED) is 0.372. The minimum absolute atomic E-state index is 0.254. The molecule has 0 fully saturated rings. The maximum absolute atomic E-state index is 11.0. The summed E-state index contributed by atoms with van der Waals surface area (Å²) in [6, 6.07) is 1.80. The topological polar surface area (TPSA) is 64.1 Å². The maximum Gasteiger partial charge on any atom is 0.316 e. The Kier molecular flexibility index (Phi) is 5.41. The van der Waals surface area contributed by atoms with E-state index in [1.807, 2.05) is 6.26 Å². The number of ether oxygens (including phenoxy) is 1. The number of esters is 1. The van der Waals surface area contributed by atoms with Gasteiger partial charge in [-0.25, -0.2) is 9.97 Å². The summed E-state index contributed by atoms with van der Waals surface area (Å²) in [5, 5.41) is 4.39. The molecule has 88 valence electrons. The Hall–Kier alpha value is -0.950. The predicted molar refractivity (Wildman–Crippen MR) is 66.1 cm³/mol. The highest BCUT2D eigenvalue weighted by Crippen LogP contribution is 2.21. The molecule has 1 N–H and O–H groups in total. The zero-order chi connectivity index (χ0) is 12.0. The first-order valence-corrected chi connectivity index (χ1v) is 6.71. The van der Waals surface area contributed by atoms with Crippen molar-refractivity contribution in [3.63, 3.8) is 0 Å². The molecule has 16 heavy (non-hydrogen) atoms. The molecule has 0 atom stereocenters. The average Bonchev–Trinajstić information content (AvgIpc) is 2.35. The van der Waals surface area contributed by atoms with Crippen LogP contribution in [0, 0.1) is 0 Å². The summed E-state index contributed by atoms with van der Waals surface area (Å²) in [7, 11) is 3.16. The molecule has 1 aromatic rings. The molecule has 0 spiro atoms. The Bertz CT molecular complexity index is 352. The van der Waals surface area contributed by atoms with Crippen LogP contribution in [0.1, 0.15) is 0 Å². The predicted octanol–water partition coefficient (Wildman–Crippen LogP) is 1.51. The van der Waals surface area contributed by atoms with Crippen LogP contribution in [0.3, 0.4) is 0 Å². The van der Waals surface area contributed by atoms with Gasteiger partial charge in [-0.05, 0) is 6.26 Å². The van der Waals surface area contributed by atoms with Crippen LogP contribution >= 0.6 is 23.5 Å². The number of methoxy groups -OCH3 is 1.